The van der Waals surface area contributed by atoms with Crippen LogP contribution >= 0.6 is 11.6 Å². The van der Waals surface area contributed by atoms with Gasteiger partial charge in [-0.3, -0.25) is 0 Å². The summed E-state index contributed by atoms with van der Waals surface area (Å²) in [6.07, 6.45) is -5.18. The van der Waals surface area contributed by atoms with Crippen LogP contribution in [0.2, 0.25) is 5.02 Å². The zero-order valence-corrected chi connectivity index (χ0v) is 10.9. The third-order valence-electron chi connectivity index (χ3n) is 2.30. The number of benzene rings is 1. The lowest BCUT2D eigenvalue weighted by Crippen LogP contribution is -2.12. The molecule has 0 aliphatic rings. The van der Waals surface area contributed by atoms with Gasteiger partial charge < -0.3 is 5.32 Å². The Bertz CT molecular complexity index is 761. The first-order valence-electron chi connectivity index (χ1n) is 5.13. The van der Waals surface area contributed by atoms with E-state index >= 15 is 0 Å². The fraction of sp³-hybridized carbons (Fsp3) is 0.0833. The predicted molar refractivity (Wildman–Crippen MR) is 63.9 cm³/mol. The Labute approximate surface area is 125 Å². The van der Waals surface area contributed by atoms with Crippen LogP contribution < -0.4 is 5.32 Å². The molecule has 1 rings (SSSR count). The smallest absolute Gasteiger partial charge is 0.341 e. The van der Waals surface area contributed by atoms with Crippen LogP contribution in [0.5, 0.6) is 0 Å². The van der Waals surface area contributed by atoms with E-state index in [0.29, 0.717) is 0 Å². The van der Waals surface area contributed by atoms with E-state index in [-0.39, 0.29) is 6.07 Å². The van der Waals surface area contributed by atoms with E-state index < -0.39 is 45.4 Å². The normalized spacial score (nSPS) is 10.1. The largest absolute Gasteiger partial charge is 0.419 e. The Hall–Kier alpha value is -2.83. The van der Waals surface area contributed by atoms with Crippen LogP contribution in [0.3, 0.4) is 0 Å². The number of nitrogens with zero attached hydrogens (tertiary/aromatic N) is 3. The molecular weight excluding hydrogens is 331 g/mol. The fourth-order valence-corrected chi connectivity index (χ4v) is 1.56. The number of alkyl halides is 3. The molecule has 10 heteroatoms. The Kier molecular flexibility index (Phi) is 4.93. The summed E-state index contributed by atoms with van der Waals surface area (Å²) in [5.74, 6) is -4.23. The average molecular weight is 333 g/mol. The van der Waals surface area contributed by atoms with Crippen LogP contribution in [0.15, 0.2) is 17.3 Å². The SMILES string of the molecule is N#CC(C#N)=C(C#N)Nc1c(Cl)cc(C(F)(F)F)c(F)c1F. The van der Waals surface area contributed by atoms with Crippen molar-refractivity contribution < 1.29 is 22.0 Å². The van der Waals surface area contributed by atoms with Gasteiger partial charge in [-0.15, -0.1) is 0 Å². The third kappa shape index (κ3) is 3.25. The van der Waals surface area contributed by atoms with Gasteiger partial charge in [0, 0.05) is 0 Å². The minimum Gasteiger partial charge on any atom is -0.341 e. The molecule has 0 fully saturated rings. The van der Waals surface area contributed by atoms with Gasteiger partial charge in [-0.2, -0.15) is 29.0 Å². The quantitative estimate of drug-likeness (QED) is 0.506. The van der Waals surface area contributed by atoms with E-state index in [0.717, 1.165) is 0 Å². The molecule has 0 spiro atoms. The second-order valence-corrected chi connectivity index (χ2v) is 4.02. The highest BCUT2D eigenvalue weighted by Crippen LogP contribution is 2.38. The van der Waals surface area contributed by atoms with Gasteiger partial charge in [0.15, 0.2) is 17.2 Å². The van der Waals surface area contributed by atoms with Crippen molar-refractivity contribution in [3.8, 4) is 18.2 Å². The fourth-order valence-electron chi connectivity index (χ4n) is 1.32. The van der Waals surface area contributed by atoms with Crippen molar-refractivity contribution in [2.75, 3.05) is 5.32 Å². The second-order valence-electron chi connectivity index (χ2n) is 3.62. The van der Waals surface area contributed by atoms with Crippen LogP contribution in [0.4, 0.5) is 27.6 Å². The molecule has 22 heavy (non-hydrogen) atoms. The van der Waals surface area contributed by atoms with E-state index in [1.54, 1.807) is 0 Å². The zero-order chi connectivity index (χ0) is 17.1. The Morgan fingerprint density at radius 1 is 1.05 bits per heavy atom. The topological polar surface area (TPSA) is 83.4 Å². The summed E-state index contributed by atoms with van der Waals surface area (Å²) in [5, 5.41) is 26.9. The van der Waals surface area contributed by atoms with Crippen molar-refractivity contribution >= 4 is 17.3 Å². The van der Waals surface area contributed by atoms with E-state index in [2.05, 4.69) is 0 Å². The number of hydrogen-bond donors (Lipinski definition) is 1. The molecule has 0 heterocycles. The minimum absolute atomic E-state index is 0.121. The molecule has 112 valence electrons. The Balaban J connectivity index is 3.52. The molecule has 0 saturated heterocycles. The average Bonchev–Trinajstić information content (AvgIpc) is 2.45. The predicted octanol–water partition coefficient (Wildman–Crippen LogP) is 3.87. The number of halogens is 6. The summed E-state index contributed by atoms with van der Waals surface area (Å²) in [5.41, 5.74) is -4.49. The van der Waals surface area contributed by atoms with Gasteiger partial charge in [0.05, 0.1) is 16.3 Å². The highest BCUT2D eigenvalue weighted by Gasteiger charge is 2.37. The Morgan fingerprint density at radius 3 is 2.00 bits per heavy atom. The van der Waals surface area contributed by atoms with Crippen molar-refractivity contribution in [3.63, 3.8) is 0 Å². The summed E-state index contributed by atoms with van der Waals surface area (Å²) in [6, 6.07) is 4.06. The van der Waals surface area contributed by atoms with Crippen LogP contribution in [0.1, 0.15) is 5.56 Å². The van der Waals surface area contributed by atoms with E-state index in [1.807, 2.05) is 5.32 Å². The third-order valence-corrected chi connectivity index (χ3v) is 2.60. The number of nitriles is 3. The van der Waals surface area contributed by atoms with E-state index in [1.165, 1.54) is 18.2 Å². The monoisotopic (exact) mass is 332 g/mol. The van der Waals surface area contributed by atoms with Gasteiger partial charge in [-0.25, -0.2) is 8.78 Å². The Morgan fingerprint density at radius 2 is 1.59 bits per heavy atom. The maximum atomic E-state index is 13.7. The van der Waals surface area contributed by atoms with Gasteiger partial charge in [-0.05, 0) is 6.07 Å². The molecule has 0 unspecified atom stereocenters. The molecule has 0 atom stereocenters. The first-order valence-corrected chi connectivity index (χ1v) is 5.51. The van der Waals surface area contributed by atoms with Crippen molar-refractivity contribution in [2.24, 2.45) is 0 Å². The molecule has 0 aliphatic carbocycles. The zero-order valence-electron chi connectivity index (χ0n) is 10.2. The summed E-state index contributed by atoms with van der Waals surface area (Å²) in [6.45, 7) is 0. The molecule has 4 nitrogen and oxygen atoms in total. The number of nitrogens with one attached hydrogen (secondary N) is 1. The summed E-state index contributed by atoms with van der Waals surface area (Å²) < 4.78 is 64.6. The van der Waals surface area contributed by atoms with Crippen LogP contribution in [0, 0.1) is 45.6 Å². The molecule has 0 amide bonds. The molecule has 1 N–H and O–H groups in total. The minimum atomic E-state index is -5.18. The van der Waals surface area contributed by atoms with Crippen molar-refractivity contribution in [2.45, 2.75) is 6.18 Å². The highest BCUT2D eigenvalue weighted by atomic mass is 35.5. The molecular formula is C12H2ClF5N4. The van der Waals surface area contributed by atoms with Gasteiger partial charge in [0.2, 0.25) is 0 Å². The van der Waals surface area contributed by atoms with E-state index in [9.17, 15) is 22.0 Å². The first kappa shape index (κ1) is 17.2. The van der Waals surface area contributed by atoms with Crippen molar-refractivity contribution in [3.05, 3.63) is 39.6 Å². The number of rotatable bonds is 2. The molecule has 0 aliphatic heterocycles. The standard InChI is InChI=1S/C12H2ClF5N4/c13-7-1-6(12(16,17)18)9(14)10(15)11(7)22-8(4-21)5(2-19)3-20/h1,22H. The van der Waals surface area contributed by atoms with Gasteiger partial charge in [0.25, 0.3) is 0 Å². The lowest BCUT2D eigenvalue weighted by Gasteiger charge is -2.14. The molecule has 1 aromatic rings. The number of anilines is 1. The van der Waals surface area contributed by atoms with Crippen LogP contribution in [-0.4, -0.2) is 0 Å². The molecule has 1 aromatic carbocycles. The lowest BCUT2D eigenvalue weighted by molar-refractivity contribution is -0.140. The summed E-state index contributed by atoms with van der Waals surface area (Å²) in [4.78, 5) is 0. The number of hydrogen-bond acceptors (Lipinski definition) is 4. The highest BCUT2D eigenvalue weighted by molar-refractivity contribution is 6.33. The maximum absolute atomic E-state index is 13.7. The molecule has 0 aromatic heterocycles. The van der Waals surface area contributed by atoms with Crippen LogP contribution in [-0.2, 0) is 6.18 Å². The van der Waals surface area contributed by atoms with E-state index in [4.69, 9.17) is 27.4 Å². The molecule has 0 radical (unpaired) electrons. The van der Waals surface area contributed by atoms with Crippen LogP contribution in [0.25, 0.3) is 0 Å². The van der Waals surface area contributed by atoms with Crippen molar-refractivity contribution in [1.29, 1.82) is 15.8 Å². The molecule has 0 bridgehead atoms. The lowest BCUT2D eigenvalue weighted by atomic mass is 10.1. The summed E-state index contributed by atoms with van der Waals surface area (Å²) in [7, 11) is 0. The summed E-state index contributed by atoms with van der Waals surface area (Å²) >= 11 is 5.44. The van der Waals surface area contributed by atoms with Gasteiger partial charge in [-0.1, -0.05) is 11.6 Å². The van der Waals surface area contributed by atoms with Crippen molar-refractivity contribution in [1.82, 2.24) is 0 Å². The van der Waals surface area contributed by atoms with Gasteiger partial charge in [0.1, 0.15) is 23.9 Å². The second kappa shape index (κ2) is 6.30. The first-order chi connectivity index (χ1) is 10.2. The molecule has 0 saturated carbocycles. The van der Waals surface area contributed by atoms with Gasteiger partial charge >= 0.3 is 6.18 Å². The number of allylic oxidation sites excluding steroid dienone is 2. The maximum Gasteiger partial charge on any atom is 0.419 e.